The fourth-order valence-electron chi connectivity index (χ4n) is 1.76. The van der Waals surface area contributed by atoms with E-state index in [1.165, 1.54) is 5.56 Å². The number of halogens is 1. The molecular formula is C11H14BrNO. The summed E-state index contributed by atoms with van der Waals surface area (Å²) in [5.41, 5.74) is 2.31. The first-order valence-corrected chi connectivity index (χ1v) is 5.85. The largest absolute Gasteiger partial charge is 0.373 e. The molecule has 1 aromatic rings. The lowest BCUT2D eigenvalue weighted by atomic mass is 10.0. The lowest BCUT2D eigenvalue weighted by molar-refractivity contribution is 0.0186. The lowest BCUT2D eigenvalue weighted by Crippen LogP contribution is -2.19. The minimum absolute atomic E-state index is 0.245. The van der Waals surface area contributed by atoms with E-state index in [0.29, 0.717) is 4.83 Å². The van der Waals surface area contributed by atoms with E-state index in [4.69, 9.17) is 4.74 Å². The van der Waals surface area contributed by atoms with Gasteiger partial charge in [-0.3, -0.25) is 4.98 Å². The van der Waals surface area contributed by atoms with Crippen molar-refractivity contribution in [2.45, 2.75) is 30.7 Å². The average Bonchev–Trinajstić information content (AvgIpc) is 2.18. The van der Waals surface area contributed by atoms with Gasteiger partial charge in [0.1, 0.15) is 0 Å². The molecule has 1 aliphatic rings. The van der Waals surface area contributed by atoms with Crippen molar-refractivity contribution in [2.24, 2.45) is 0 Å². The van der Waals surface area contributed by atoms with Gasteiger partial charge in [-0.25, -0.2) is 0 Å². The molecule has 1 fully saturated rings. The van der Waals surface area contributed by atoms with Gasteiger partial charge in [-0.1, -0.05) is 15.9 Å². The Labute approximate surface area is 92.8 Å². The molecule has 2 heterocycles. The van der Waals surface area contributed by atoms with Crippen LogP contribution in [0.3, 0.4) is 0 Å². The number of pyridine rings is 1. The quantitative estimate of drug-likeness (QED) is 0.720. The maximum atomic E-state index is 5.73. The van der Waals surface area contributed by atoms with E-state index < -0.39 is 0 Å². The monoisotopic (exact) mass is 255 g/mol. The highest BCUT2D eigenvalue weighted by Gasteiger charge is 2.21. The predicted octanol–water partition coefficient (Wildman–Crippen LogP) is 3.01. The van der Waals surface area contributed by atoms with Crippen molar-refractivity contribution in [1.29, 1.82) is 0 Å². The summed E-state index contributed by atoms with van der Waals surface area (Å²) >= 11 is 3.65. The first-order valence-electron chi connectivity index (χ1n) is 4.94. The van der Waals surface area contributed by atoms with Gasteiger partial charge in [-0.2, -0.15) is 0 Å². The highest BCUT2D eigenvalue weighted by atomic mass is 79.9. The van der Waals surface area contributed by atoms with Gasteiger partial charge in [0.15, 0.2) is 0 Å². The molecule has 2 atom stereocenters. The maximum Gasteiger partial charge on any atom is 0.0836 e. The molecule has 14 heavy (non-hydrogen) atoms. The van der Waals surface area contributed by atoms with Crippen LogP contribution in [0.5, 0.6) is 0 Å². The van der Waals surface area contributed by atoms with Crippen LogP contribution in [-0.4, -0.2) is 16.4 Å². The van der Waals surface area contributed by atoms with Crippen molar-refractivity contribution in [3.8, 4) is 0 Å². The number of hydrogen-bond acceptors (Lipinski definition) is 2. The Morgan fingerprint density at radius 3 is 3.14 bits per heavy atom. The van der Waals surface area contributed by atoms with Crippen LogP contribution in [0.4, 0.5) is 0 Å². The zero-order valence-electron chi connectivity index (χ0n) is 8.24. The molecule has 0 radical (unpaired) electrons. The standard InChI is InChI=1S/C11H14BrNO/c1-8-6-9(2-4-13-8)11-7-10(12)3-5-14-11/h2,4,6,10-11H,3,5,7H2,1H3/t10-,11+/m0/s1. The third-order valence-corrected chi connectivity index (χ3v) is 3.34. The molecule has 0 unspecified atom stereocenters. The third-order valence-electron chi connectivity index (χ3n) is 2.51. The normalized spacial score (nSPS) is 27.6. The maximum absolute atomic E-state index is 5.73. The second kappa shape index (κ2) is 4.41. The van der Waals surface area contributed by atoms with E-state index in [0.717, 1.165) is 25.1 Å². The van der Waals surface area contributed by atoms with Crippen LogP contribution < -0.4 is 0 Å². The molecular weight excluding hydrogens is 242 g/mol. The van der Waals surface area contributed by atoms with Gasteiger partial charge in [-0.05, 0) is 37.5 Å². The van der Waals surface area contributed by atoms with Crippen molar-refractivity contribution >= 4 is 15.9 Å². The molecule has 0 N–H and O–H groups in total. The van der Waals surface area contributed by atoms with Gasteiger partial charge in [0.2, 0.25) is 0 Å². The molecule has 0 aromatic carbocycles. The van der Waals surface area contributed by atoms with E-state index in [2.05, 4.69) is 27.0 Å². The zero-order valence-corrected chi connectivity index (χ0v) is 9.83. The van der Waals surface area contributed by atoms with Crippen LogP contribution in [0.15, 0.2) is 18.3 Å². The summed E-state index contributed by atoms with van der Waals surface area (Å²) in [5, 5.41) is 0. The lowest BCUT2D eigenvalue weighted by Gasteiger charge is -2.26. The minimum Gasteiger partial charge on any atom is -0.373 e. The third kappa shape index (κ3) is 2.34. The number of hydrogen-bond donors (Lipinski definition) is 0. The summed E-state index contributed by atoms with van der Waals surface area (Å²) < 4.78 is 5.73. The average molecular weight is 256 g/mol. The zero-order chi connectivity index (χ0) is 9.97. The summed E-state index contributed by atoms with van der Waals surface area (Å²) in [6, 6.07) is 4.15. The molecule has 3 heteroatoms. The topological polar surface area (TPSA) is 22.1 Å². The van der Waals surface area contributed by atoms with Gasteiger partial charge in [0.25, 0.3) is 0 Å². The van der Waals surface area contributed by atoms with Gasteiger partial charge < -0.3 is 4.74 Å². The minimum atomic E-state index is 0.245. The van der Waals surface area contributed by atoms with Crippen LogP contribution in [0, 0.1) is 6.92 Å². The summed E-state index contributed by atoms with van der Waals surface area (Å²) in [7, 11) is 0. The highest BCUT2D eigenvalue weighted by Crippen LogP contribution is 2.31. The molecule has 2 rings (SSSR count). The van der Waals surface area contributed by atoms with E-state index >= 15 is 0 Å². The van der Waals surface area contributed by atoms with Crippen LogP contribution in [0.1, 0.15) is 30.2 Å². The molecule has 76 valence electrons. The van der Waals surface area contributed by atoms with Gasteiger partial charge in [0.05, 0.1) is 6.10 Å². The summed E-state index contributed by atoms with van der Waals surface area (Å²) in [6.45, 7) is 2.86. The SMILES string of the molecule is Cc1cc([C@H]2C[C@@H](Br)CCO2)ccn1. The van der Waals surface area contributed by atoms with Crippen LogP contribution in [0.2, 0.25) is 0 Å². The summed E-state index contributed by atoms with van der Waals surface area (Å²) in [5.74, 6) is 0. The molecule has 1 aliphatic heterocycles. The molecule has 0 amide bonds. The van der Waals surface area contributed by atoms with E-state index in [-0.39, 0.29) is 6.10 Å². The Hall–Kier alpha value is -0.410. The Bertz CT molecular complexity index is 316. The molecule has 0 aliphatic carbocycles. The van der Waals surface area contributed by atoms with Crippen molar-refractivity contribution in [3.05, 3.63) is 29.6 Å². The fourth-order valence-corrected chi connectivity index (χ4v) is 2.28. The molecule has 2 nitrogen and oxygen atoms in total. The fraction of sp³-hybridized carbons (Fsp3) is 0.545. The van der Waals surface area contributed by atoms with E-state index in [1.54, 1.807) is 0 Å². The van der Waals surface area contributed by atoms with Crippen molar-refractivity contribution in [1.82, 2.24) is 4.98 Å². The second-order valence-electron chi connectivity index (χ2n) is 3.71. The summed E-state index contributed by atoms with van der Waals surface area (Å²) in [6.07, 6.45) is 4.27. The number of aryl methyl sites for hydroxylation is 1. The molecule has 0 spiro atoms. The highest BCUT2D eigenvalue weighted by molar-refractivity contribution is 9.09. The first-order chi connectivity index (χ1) is 6.75. The smallest absolute Gasteiger partial charge is 0.0836 e. The van der Waals surface area contributed by atoms with E-state index in [1.807, 2.05) is 19.2 Å². The molecule has 1 saturated heterocycles. The molecule has 0 bridgehead atoms. The van der Waals surface area contributed by atoms with Gasteiger partial charge in [-0.15, -0.1) is 0 Å². The Kier molecular flexibility index (Phi) is 3.19. The Balaban J connectivity index is 2.14. The second-order valence-corrected chi connectivity index (χ2v) is 5.01. The molecule has 1 aromatic heterocycles. The van der Waals surface area contributed by atoms with Crippen molar-refractivity contribution < 1.29 is 4.74 Å². The van der Waals surface area contributed by atoms with Crippen molar-refractivity contribution in [2.75, 3.05) is 6.61 Å². The number of nitrogens with zero attached hydrogens (tertiary/aromatic N) is 1. The number of ether oxygens (including phenoxy) is 1. The molecule has 0 saturated carbocycles. The van der Waals surface area contributed by atoms with Crippen LogP contribution in [-0.2, 0) is 4.74 Å². The number of alkyl halides is 1. The van der Waals surface area contributed by atoms with Crippen LogP contribution in [0.25, 0.3) is 0 Å². The Morgan fingerprint density at radius 2 is 2.43 bits per heavy atom. The van der Waals surface area contributed by atoms with Crippen LogP contribution >= 0.6 is 15.9 Å². The number of rotatable bonds is 1. The first kappa shape index (κ1) is 10.1. The van der Waals surface area contributed by atoms with Gasteiger partial charge in [0, 0.05) is 23.3 Å². The summed E-state index contributed by atoms with van der Waals surface area (Å²) in [4.78, 5) is 4.78. The Morgan fingerprint density at radius 1 is 1.57 bits per heavy atom. The number of aromatic nitrogens is 1. The van der Waals surface area contributed by atoms with Crippen molar-refractivity contribution in [3.63, 3.8) is 0 Å². The van der Waals surface area contributed by atoms with Gasteiger partial charge >= 0.3 is 0 Å². The predicted molar refractivity (Wildman–Crippen MR) is 59.6 cm³/mol. The van der Waals surface area contributed by atoms with E-state index in [9.17, 15) is 0 Å².